The fourth-order valence-corrected chi connectivity index (χ4v) is 2.26. The molecule has 0 saturated carbocycles. The Morgan fingerprint density at radius 1 is 0.889 bits per heavy atom. The van der Waals surface area contributed by atoms with Crippen LogP contribution in [0.5, 0.6) is 0 Å². The molecule has 0 radical (unpaired) electrons. The maximum Gasteiger partial charge on any atom is 0.126 e. The predicted molar refractivity (Wildman–Crippen MR) is 64.2 cm³/mol. The van der Waals surface area contributed by atoms with Crippen molar-refractivity contribution in [2.24, 2.45) is 0 Å². The summed E-state index contributed by atoms with van der Waals surface area (Å²) in [5, 5.41) is 38.8. The number of nitrogens with zero attached hydrogens (tertiary/aromatic N) is 1. The van der Waals surface area contributed by atoms with Crippen molar-refractivity contribution in [3.8, 4) is 0 Å². The molecule has 1 heterocycles. The molecule has 1 aromatic rings. The van der Waals surface area contributed by atoms with Crippen molar-refractivity contribution in [3.63, 3.8) is 0 Å². The van der Waals surface area contributed by atoms with Gasteiger partial charge in [0.05, 0.1) is 11.4 Å². The van der Waals surface area contributed by atoms with E-state index in [1.807, 2.05) is 0 Å². The number of hydrogen-bond acceptors (Lipinski definition) is 5. The Hall–Kier alpha value is -1.53. The second kappa shape index (κ2) is 4.00. The average Bonchev–Trinajstić information content (AvgIpc) is 2.38. The second-order valence-corrected chi connectivity index (χ2v) is 4.53. The highest BCUT2D eigenvalue weighted by molar-refractivity contribution is 5.63. The van der Waals surface area contributed by atoms with Gasteiger partial charge in [-0.1, -0.05) is 18.2 Å². The topological polar surface area (TPSA) is 93.8 Å². The van der Waals surface area contributed by atoms with Crippen molar-refractivity contribution in [2.45, 2.75) is 24.4 Å². The Bertz CT molecular complexity index is 502. The van der Waals surface area contributed by atoms with Crippen LogP contribution in [-0.4, -0.2) is 37.6 Å². The lowest BCUT2D eigenvalue weighted by Gasteiger charge is -2.26. The zero-order valence-corrected chi connectivity index (χ0v) is 9.43. The van der Waals surface area contributed by atoms with E-state index in [9.17, 15) is 20.4 Å². The molecule has 94 valence electrons. The van der Waals surface area contributed by atoms with Crippen molar-refractivity contribution < 1.29 is 20.4 Å². The number of aromatic nitrogens is 1. The molecule has 1 aromatic heterocycles. The number of fused-ring (bicyclic) bond motifs is 2. The van der Waals surface area contributed by atoms with Crippen molar-refractivity contribution in [1.29, 1.82) is 0 Å². The van der Waals surface area contributed by atoms with Gasteiger partial charge in [-0.3, -0.25) is 0 Å². The highest BCUT2D eigenvalue weighted by atomic mass is 16.3. The molecule has 18 heavy (non-hydrogen) atoms. The Balaban J connectivity index is 2.16. The minimum absolute atomic E-state index is 0.386. The van der Waals surface area contributed by atoms with E-state index in [4.69, 9.17) is 0 Å². The molecule has 0 saturated heterocycles. The highest BCUT2D eigenvalue weighted by Gasteiger charge is 2.29. The van der Waals surface area contributed by atoms with Gasteiger partial charge in [0, 0.05) is 5.56 Å². The second-order valence-electron chi connectivity index (χ2n) is 4.53. The molecule has 3 rings (SSSR count). The fraction of sp³-hybridized carbons (Fsp3) is 0.308. The zero-order chi connectivity index (χ0) is 12.9. The SMILES string of the molecule is O[C@@H]1c2cc3c(nc2C=C[C@@H]1O)[C@@H](O)[C@@H](O)C=C3. The zero-order valence-electron chi connectivity index (χ0n) is 9.43. The van der Waals surface area contributed by atoms with E-state index >= 15 is 0 Å². The molecule has 4 N–H and O–H groups in total. The van der Waals surface area contributed by atoms with Gasteiger partial charge in [0.15, 0.2) is 0 Å². The molecule has 0 amide bonds. The Morgan fingerprint density at radius 2 is 1.56 bits per heavy atom. The van der Waals surface area contributed by atoms with Crippen LogP contribution in [-0.2, 0) is 0 Å². The van der Waals surface area contributed by atoms with Crippen LogP contribution in [0.4, 0.5) is 0 Å². The Morgan fingerprint density at radius 3 is 2.33 bits per heavy atom. The molecule has 5 nitrogen and oxygen atoms in total. The van der Waals surface area contributed by atoms with Gasteiger partial charge >= 0.3 is 0 Å². The third-order valence-corrected chi connectivity index (χ3v) is 3.31. The van der Waals surface area contributed by atoms with E-state index in [2.05, 4.69) is 4.98 Å². The number of rotatable bonds is 0. The maximum absolute atomic E-state index is 9.87. The summed E-state index contributed by atoms with van der Waals surface area (Å²) in [7, 11) is 0. The summed E-state index contributed by atoms with van der Waals surface area (Å²) < 4.78 is 0. The molecule has 2 aliphatic rings. The minimum Gasteiger partial charge on any atom is -0.386 e. The normalized spacial score (nSPS) is 33.1. The molecule has 0 aromatic carbocycles. The standard InChI is InChI=1S/C13H13NO4/c15-9-4-2-8-7(12(9)17)5-6-1-3-10(16)13(18)11(6)14-8/h1-5,9-10,12-13,15-18H/t9-,10-,12+,13-/m0/s1. The summed E-state index contributed by atoms with van der Waals surface area (Å²) in [6, 6.07) is 1.68. The summed E-state index contributed by atoms with van der Waals surface area (Å²) in [6.07, 6.45) is 2.19. The largest absolute Gasteiger partial charge is 0.386 e. The highest BCUT2D eigenvalue weighted by Crippen LogP contribution is 2.33. The summed E-state index contributed by atoms with van der Waals surface area (Å²) in [5.74, 6) is 0. The molecule has 0 spiro atoms. The monoisotopic (exact) mass is 247 g/mol. The van der Waals surface area contributed by atoms with Gasteiger partial charge < -0.3 is 20.4 Å². The minimum atomic E-state index is -1.06. The number of aliphatic hydroxyl groups is 4. The summed E-state index contributed by atoms with van der Waals surface area (Å²) in [4.78, 5) is 4.25. The molecule has 5 heteroatoms. The first-order valence-electron chi connectivity index (χ1n) is 5.71. The molecular weight excluding hydrogens is 234 g/mol. The van der Waals surface area contributed by atoms with Crippen LogP contribution in [0.3, 0.4) is 0 Å². The molecule has 2 aliphatic carbocycles. The third kappa shape index (κ3) is 1.60. The maximum atomic E-state index is 9.87. The van der Waals surface area contributed by atoms with Crippen molar-refractivity contribution >= 4 is 12.2 Å². The van der Waals surface area contributed by atoms with Gasteiger partial charge in [0.25, 0.3) is 0 Å². The average molecular weight is 247 g/mol. The summed E-state index contributed by atoms with van der Waals surface area (Å²) in [5.41, 5.74) is 2.06. The van der Waals surface area contributed by atoms with Crippen LogP contribution in [0.2, 0.25) is 0 Å². The van der Waals surface area contributed by atoms with Gasteiger partial charge in [-0.05, 0) is 17.7 Å². The lowest BCUT2D eigenvalue weighted by atomic mass is 9.90. The van der Waals surface area contributed by atoms with Crippen LogP contribution in [0.15, 0.2) is 18.2 Å². The van der Waals surface area contributed by atoms with Crippen LogP contribution in [0.1, 0.15) is 34.7 Å². The molecular formula is C13H13NO4. The molecule has 0 aliphatic heterocycles. The summed E-state index contributed by atoms with van der Waals surface area (Å²) >= 11 is 0. The van der Waals surface area contributed by atoms with Gasteiger partial charge in [0.2, 0.25) is 0 Å². The van der Waals surface area contributed by atoms with E-state index in [1.165, 1.54) is 12.2 Å². The third-order valence-electron chi connectivity index (χ3n) is 3.31. The van der Waals surface area contributed by atoms with Crippen LogP contribution in [0, 0.1) is 0 Å². The predicted octanol–water partition coefficient (Wildman–Crippen LogP) is -0.0762. The Kier molecular flexibility index (Phi) is 2.57. The van der Waals surface area contributed by atoms with Crippen LogP contribution < -0.4 is 0 Å². The molecule has 0 bridgehead atoms. The number of hydrogen-bond donors (Lipinski definition) is 4. The first-order chi connectivity index (χ1) is 8.58. The lowest BCUT2D eigenvalue weighted by Crippen LogP contribution is -2.24. The van der Waals surface area contributed by atoms with Crippen LogP contribution >= 0.6 is 0 Å². The van der Waals surface area contributed by atoms with Gasteiger partial charge in [-0.15, -0.1) is 0 Å². The first-order valence-corrected chi connectivity index (χ1v) is 5.71. The lowest BCUT2D eigenvalue weighted by molar-refractivity contribution is 0.0413. The van der Waals surface area contributed by atoms with E-state index in [-0.39, 0.29) is 0 Å². The quantitative estimate of drug-likeness (QED) is 0.514. The molecule has 0 fully saturated rings. The van der Waals surface area contributed by atoms with E-state index < -0.39 is 24.4 Å². The van der Waals surface area contributed by atoms with Gasteiger partial charge in [-0.25, -0.2) is 4.98 Å². The molecule has 4 atom stereocenters. The smallest absolute Gasteiger partial charge is 0.126 e. The van der Waals surface area contributed by atoms with Crippen molar-refractivity contribution in [1.82, 2.24) is 4.98 Å². The number of aliphatic hydroxyl groups excluding tert-OH is 4. The van der Waals surface area contributed by atoms with Crippen molar-refractivity contribution in [2.75, 3.05) is 0 Å². The Labute approximate surface area is 103 Å². The van der Waals surface area contributed by atoms with E-state index in [1.54, 1.807) is 18.2 Å². The molecule has 0 unspecified atom stereocenters. The van der Waals surface area contributed by atoms with E-state index in [0.717, 1.165) is 0 Å². The van der Waals surface area contributed by atoms with Crippen LogP contribution in [0.25, 0.3) is 12.2 Å². The summed E-state index contributed by atoms with van der Waals surface area (Å²) in [6.45, 7) is 0. The van der Waals surface area contributed by atoms with Gasteiger partial charge in [0.1, 0.15) is 24.4 Å². The first kappa shape index (κ1) is 11.6. The van der Waals surface area contributed by atoms with Gasteiger partial charge in [-0.2, -0.15) is 0 Å². The fourth-order valence-electron chi connectivity index (χ4n) is 2.26. The van der Waals surface area contributed by atoms with E-state index in [0.29, 0.717) is 22.5 Å². The van der Waals surface area contributed by atoms with Crippen molar-refractivity contribution in [3.05, 3.63) is 40.7 Å². The number of pyridine rings is 1.